The van der Waals surface area contributed by atoms with Gasteiger partial charge in [0.1, 0.15) is 11.2 Å². The van der Waals surface area contributed by atoms with Gasteiger partial charge in [-0.15, -0.1) is 0 Å². The van der Waals surface area contributed by atoms with Crippen LogP contribution in [0.2, 0.25) is 0 Å². The fourth-order valence-electron chi connectivity index (χ4n) is 7.45. The third-order valence-corrected chi connectivity index (χ3v) is 10.2. The molecule has 0 saturated heterocycles. The highest BCUT2D eigenvalue weighted by Crippen LogP contribution is 2.40. The van der Waals surface area contributed by atoms with Crippen LogP contribution in [0.5, 0.6) is 0 Å². The summed E-state index contributed by atoms with van der Waals surface area (Å²) in [6.45, 7) is 0. The van der Waals surface area contributed by atoms with Gasteiger partial charge in [-0.05, 0) is 68.8 Å². The lowest BCUT2D eigenvalue weighted by atomic mass is 9.96. The predicted octanol–water partition coefficient (Wildman–Crippen LogP) is 13.4. The summed E-state index contributed by atoms with van der Waals surface area (Å²) < 4.78 is 6.58. The van der Waals surface area contributed by atoms with Crippen molar-refractivity contribution in [3.8, 4) is 78.7 Å². The second-order valence-corrected chi connectivity index (χ2v) is 13.6. The number of hydrogen-bond acceptors (Lipinski definition) is 4. The van der Waals surface area contributed by atoms with E-state index < -0.39 is 0 Å². The molecule has 0 aliphatic heterocycles. The Balaban J connectivity index is 1.11. The van der Waals surface area contributed by atoms with Crippen LogP contribution >= 0.6 is 0 Å². The molecule has 0 atom stereocenters. The Labute approximate surface area is 319 Å². The van der Waals surface area contributed by atoms with Crippen LogP contribution in [-0.2, 0) is 0 Å². The Morgan fingerprint density at radius 3 is 1.49 bits per heavy atom. The number of benzene rings is 8. The summed E-state index contributed by atoms with van der Waals surface area (Å²) in [5.74, 6) is 1.79. The van der Waals surface area contributed by atoms with E-state index in [0.29, 0.717) is 17.5 Å². The number of rotatable bonds is 7. The maximum atomic E-state index is 6.58. The van der Waals surface area contributed by atoms with E-state index in [1.165, 1.54) is 11.1 Å². The highest BCUT2D eigenvalue weighted by molar-refractivity contribution is 6.13. The highest BCUT2D eigenvalue weighted by atomic mass is 16.3. The van der Waals surface area contributed by atoms with E-state index in [1.54, 1.807) is 0 Å². The van der Waals surface area contributed by atoms with Crippen LogP contribution in [0.3, 0.4) is 0 Å². The average Bonchev–Trinajstić information content (AvgIpc) is 3.66. The van der Waals surface area contributed by atoms with Crippen molar-refractivity contribution in [1.82, 2.24) is 15.0 Å². The molecule has 0 saturated carbocycles. The predicted molar refractivity (Wildman–Crippen MR) is 225 cm³/mol. The van der Waals surface area contributed by atoms with Crippen molar-refractivity contribution >= 4 is 21.9 Å². The number of furan rings is 1. The fourth-order valence-corrected chi connectivity index (χ4v) is 7.45. The largest absolute Gasteiger partial charge is 0.456 e. The molecule has 0 bridgehead atoms. The molecule has 0 amide bonds. The molecular formula is C51H33N3O. The number of nitrogens with zero attached hydrogens (tertiary/aromatic N) is 3. The van der Waals surface area contributed by atoms with Crippen LogP contribution in [0.1, 0.15) is 0 Å². The Morgan fingerprint density at radius 1 is 0.273 bits per heavy atom. The Bertz CT molecular complexity index is 2950. The molecule has 0 aliphatic rings. The smallest absolute Gasteiger partial charge is 0.164 e. The highest BCUT2D eigenvalue weighted by Gasteiger charge is 2.18. The van der Waals surface area contributed by atoms with E-state index >= 15 is 0 Å². The molecule has 10 rings (SSSR count). The van der Waals surface area contributed by atoms with Crippen LogP contribution in [-0.4, -0.2) is 15.0 Å². The second kappa shape index (κ2) is 13.8. The monoisotopic (exact) mass is 703 g/mol. The molecule has 4 heteroatoms. The summed E-state index contributed by atoms with van der Waals surface area (Å²) in [7, 11) is 0. The number of hydrogen-bond donors (Lipinski definition) is 0. The van der Waals surface area contributed by atoms with Crippen molar-refractivity contribution in [2.75, 3.05) is 0 Å². The summed E-state index contributed by atoms with van der Waals surface area (Å²) in [5, 5.41) is 2.13. The zero-order chi connectivity index (χ0) is 36.6. The van der Waals surface area contributed by atoms with E-state index in [-0.39, 0.29) is 0 Å². The van der Waals surface area contributed by atoms with Crippen molar-refractivity contribution in [2.45, 2.75) is 0 Å². The van der Waals surface area contributed by atoms with Gasteiger partial charge in [0.2, 0.25) is 0 Å². The van der Waals surface area contributed by atoms with Gasteiger partial charge >= 0.3 is 0 Å². The zero-order valence-electron chi connectivity index (χ0n) is 29.8. The SMILES string of the molecule is c1ccc(-c2ccc(-c3nc(-c4ccc5c(c4)oc4cccc(-c6cccc(-c7ccccc7)c6)c45)nc(-c4ccccc4-c4ccccc4)n3)cc2)cc1. The van der Waals surface area contributed by atoms with Gasteiger partial charge in [-0.1, -0.05) is 176 Å². The number of aromatic nitrogens is 3. The van der Waals surface area contributed by atoms with Crippen molar-refractivity contribution < 1.29 is 4.42 Å². The van der Waals surface area contributed by atoms with Gasteiger partial charge in [0.05, 0.1) is 0 Å². The summed E-state index contributed by atoms with van der Waals surface area (Å²) in [6, 6.07) is 69.2. The molecule has 55 heavy (non-hydrogen) atoms. The summed E-state index contributed by atoms with van der Waals surface area (Å²) in [5.41, 5.74) is 13.4. The van der Waals surface area contributed by atoms with Crippen LogP contribution < -0.4 is 0 Å². The van der Waals surface area contributed by atoms with Crippen LogP contribution in [0, 0.1) is 0 Å². The first-order valence-corrected chi connectivity index (χ1v) is 18.4. The van der Waals surface area contributed by atoms with Crippen LogP contribution in [0.25, 0.3) is 101 Å². The van der Waals surface area contributed by atoms with E-state index in [0.717, 1.165) is 72.0 Å². The van der Waals surface area contributed by atoms with Gasteiger partial charge in [0.25, 0.3) is 0 Å². The zero-order valence-corrected chi connectivity index (χ0v) is 29.8. The quantitative estimate of drug-likeness (QED) is 0.166. The van der Waals surface area contributed by atoms with Crippen molar-refractivity contribution in [2.24, 2.45) is 0 Å². The van der Waals surface area contributed by atoms with Gasteiger partial charge in [-0.2, -0.15) is 0 Å². The lowest BCUT2D eigenvalue weighted by molar-refractivity contribution is 0.669. The molecular weight excluding hydrogens is 671 g/mol. The Hall–Kier alpha value is -7.43. The molecule has 0 unspecified atom stereocenters. The molecule has 0 aliphatic carbocycles. The molecule has 0 fully saturated rings. The minimum absolute atomic E-state index is 0.577. The normalized spacial score (nSPS) is 11.3. The Kier molecular flexibility index (Phi) is 8.12. The van der Waals surface area contributed by atoms with Crippen molar-refractivity contribution in [3.63, 3.8) is 0 Å². The number of fused-ring (bicyclic) bond motifs is 3. The first kappa shape index (κ1) is 32.2. The molecule has 8 aromatic carbocycles. The summed E-state index contributed by atoms with van der Waals surface area (Å²) >= 11 is 0. The minimum Gasteiger partial charge on any atom is -0.456 e. The molecule has 0 radical (unpaired) electrons. The minimum atomic E-state index is 0.577. The molecule has 0 N–H and O–H groups in total. The lowest BCUT2D eigenvalue weighted by Gasteiger charge is -2.12. The second-order valence-electron chi connectivity index (χ2n) is 13.6. The Morgan fingerprint density at radius 2 is 0.764 bits per heavy atom. The van der Waals surface area contributed by atoms with Gasteiger partial charge in [0.15, 0.2) is 17.5 Å². The van der Waals surface area contributed by atoms with Crippen LogP contribution in [0.15, 0.2) is 205 Å². The fraction of sp³-hybridized carbons (Fsp3) is 0. The van der Waals surface area contributed by atoms with Crippen molar-refractivity contribution in [3.05, 3.63) is 200 Å². The topological polar surface area (TPSA) is 51.8 Å². The van der Waals surface area contributed by atoms with E-state index in [4.69, 9.17) is 19.4 Å². The van der Waals surface area contributed by atoms with Crippen LogP contribution in [0.4, 0.5) is 0 Å². The summed E-state index contributed by atoms with van der Waals surface area (Å²) in [6.07, 6.45) is 0. The maximum Gasteiger partial charge on any atom is 0.164 e. The molecule has 258 valence electrons. The molecule has 10 aromatic rings. The third kappa shape index (κ3) is 6.16. The lowest BCUT2D eigenvalue weighted by Crippen LogP contribution is -2.01. The first-order chi connectivity index (χ1) is 27.2. The molecule has 4 nitrogen and oxygen atoms in total. The van der Waals surface area contributed by atoms with E-state index in [1.807, 2.05) is 30.3 Å². The van der Waals surface area contributed by atoms with Crippen molar-refractivity contribution in [1.29, 1.82) is 0 Å². The molecule has 2 heterocycles. The standard InChI is InChI=1S/C51H33N3O/c1-4-14-34(15-5-1)36-26-28-38(29-27-36)49-52-50(54-51(53-49)44-23-11-10-22-42(44)37-18-8-3-9-19-37)41-30-31-45-47(33-41)55-46-25-13-24-43(48(45)46)40-21-12-20-39(32-40)35-16-6-2-7-17-35/h1-33H. The molecule has 2 aromatic heterocycles. The van der Waals surface area contributed by atoms with E-state index in [2.05, 4.69) is 170 Å². The van der Waals surface area contributed by atoms with Gasteiger partial charge in [-0.3, -0.25) is 0 Å². The van der Waals surface area contributed by atoms with E-state index in [9.17, 15) is 0 Å². The van der Waals surface area contributed by atoms with Gasteiger partial charge in [-0.25, -0.2) is 15.0 Å². The molecule has 0 spiro atoms. The average molecular weight is 704 g/mol. The first-order valence-electron chi connectivity index (χ1n) is 18.4. The summed E-state index contributed by atoms with van der Waals surface area (Å²) in [4.78, 5) is 15.4. The maximum absolute atomic E-state index is 6.58. The third-order valence-electron chi connectivity index (χ3n) is 10.2. The van der Waals surface area contributed by atoms with Gasteiger partial charge < -0.3 is 4.42 Å². The van der Waals surface area contributed by atoms with Gasteiger partial charge in [0, 0.05) is 27.5 Å².